The highest BCUT2D eigenvalue weighted by atomic mass is 16.2. The Bertz CT molecular complexity index is 1050. The first-order valence-electron chi connectivity index (χ1n) is 8.34. The first-order valence-corrected chi connectivity index (χ1v) is 8.34. The van der Waals surface area contributed by atoms with Gasteiger partial charge in [0.25, 0.3) is 0 Å². The summed E-state index contributed by atoms with van der Waals surface area (Å²) in [5.41, 5.74) is 3.37. The fourth-order valence-corrected chi connectivity index (χ4v) is 3.09. The van der Waals surface area contributed by atoms with Crippen LogP contribution in [-0.4, -0.2) is 6.03 Å². The molecule has 0 unspecified atom stereocenters. The molecule has 0 bridgehead atoms. The number of carbonyl (C=O) groups is 1. The molecular formula is C21H18N4O. The minimum atomic E-state index is -0.510. The molecule has 5 heteroatoms. The first kappa shape index (κ1) is 16.0. The van der Waals surface area contributed by atoms with E-state index in [9.17, 15) is 4.79 Å². The number of pyridine rings is 2. The van der Waals surface area contributed by atoms with E-state index >= 15 is 0 Å². The summed E-state index contributed by atoms with van der Waals surface area (Å²) in [5.74, 6) is 0. The zero-order chi connectivity index (χ0) is 18.1. The maximum absolute atomic E-state index is 12.2. The largest absolute Gasteiger partial charge is 0.643 e. The van der Waals surface area contributed by atoms with E-state index in [0.717, 1.165) is 21.8 Å². The van der Waals surface area contributed by atoms with E-state index < -0.39 is 6.03 Å². The van der Waals surface area contributed by atoms with Gasteiger partial charge in [0.15, 0.2) is 12.4 Å². The minimum absolute atomic E-state index is 0.510. The molecule has 0 N–H and O–H groups in total. The Morgan fingerprint density at radius 3 is 1.65 bits per heavy atom. The Morgan fingerprint density at radius 2 is 1.19 bits per heavy atom. The zero-order valence-electron chi connectivity index (χ0n) is 14.6. The molecule has 0 saturated carbocycles. The Kier molecular flexibility index (Phi) is 3.97. The standard InChI is InChI=1S/C21H18N4O/c1-24-11-3-5-15-13-17(7-9-19(15)24)22-21(26)23-18-8-10-20-16(14-18)6-4-12-25(20)2/h3-14H,1-2H3. The number of amides is 2. The van der Waals surface area contributed by atoms with Crippen molar-refractivity contribution >= 4 is 39.2 Å². The third-order valence-electron chi connectivity index (χ3n) is 4.40. The van der Waals surface area contributed by atoms with Gasteiger partial charge in [-0.3, -0.25) is 0 Å². The Labute approximate surface area is 151 Å². The molecule has 26 heavy (non-hydrogen) atoms. The van der Waals surface area contributed by atoms with Crippen molar-refractivity contribution in [1.82, 2.24) is 0 Å². The number of aryl methyl sites for hydroxylation is 2. The van der Waals surface area contributed by atoms with E-state index in [1.54, 1.807) is 0 Å². The molecular weight excluding hydrogens is 324 g/mol. The van der Waals surface area contributed by atoms with E-state index in [-0.39, 0.29) is 0 Å². The smallest absolute Gasteiger partial charge is 0.212 e. The molecule has 0 aliphatic rings. The molecule has 0 saturated heterocycles. The summed E-state index contributed by atoms with van der Waals surface area (Å²) >= 11 is 0. The molecule has 0 aliphatic carbocycles. The van der Waals surface area contributed by atoms with Crippen molar-refractivity contribution in [1.29, 1.82) is 0 Å². The summed E-state index contributed by atoms with van der Waals surface area (Å²) in [4.78, 5) is 12.2. The van der Waals surface area contributed by atoms with Gasteiger partial charge in [0.05, 0.1) is 0 Å². The van der Waals surface area contributed by atoms with E-state index in [0.29, 0.717) is 11.4 Å². The van der Waals surface area contributed by atoms with Crippen molar-refractivity contribution in [2.24, 2.45) is 14.1 Å². The first-order chi connectivity index (χ1) is 12.6. The maximum Gasteiger partial charge on any atom is 0.212 e. The van der Waals surface area contributed by atoms with Crippen LogP contribution in [0, 0.1) is 0 Å². The Hall–Kier alpha value is -3.47. The van der Waals surface area contributed by atoms with Crippen molar-refractivity contribution in [3.8, 4) is 0 Å². The van der Waals surface area contributed by atoms with E-state index in [1.807, 2.05) is 96.3 Å². The third kappa shape index (κ3) is 3.07. The van der Waals surface area contributed by atoms with Gasteiger partial charge < -0.3 is 15.4 Å². The molecule has 2 aromatic carbocycles. The highest BCUT2D eigenvalue weighted by Crippen LogP contribution is 2.29. The van der Waals surface area contributed by atoms with Crippen LogP contribution < -0.4 is 9.13 Å². The predicted molar refractivity (Wildman–Crippen MR) is 102 cm³/mol. The molecule has 128 valence electrons. The van der Waals surface area contributed by atoms with E-state index in [1.165, 1.54) is 0 Å². The number of rotatable bonds is 2. The van der Waals surface area contributed by atoms with Crippen LogP contribution in [0.25, 0.3) is 32.4 Å². The molecule has 2 heterocycles. The highest BCUT2D eigenvalue weighted by Gasteiger charge is 2.02. The summed E-state index contributed by atoms with van der Waals surface area (Å²) in [6.07, 6.45) is 3.97. The van der Waals surface area contributed by atoms with Gasteiger partial charge in [-0.25, -0.2) is 9.13 Å². The second-order valence-electron chi connectivity index (χ2n) is 6.23. The molecule has 0 spiro atoms. The van der Waals surface area contributed by atoms with Crippen molar-refractivity contribution in [2.45, 2.75) is 0 Å². The average Bonchev–Trinajstić information content (AvgIpc) is 2.62. The number of carbonyl (C=O) groups excluding carboxylic acids is 1. The third-order valence-corrected chi connectivity index (χ3v) is 4.40. The molecule has 2 aromatic heterocycles. The maximum atomic E-state index is 12.2. The highest BCUT2D eigenvalue weighted by molar-refractivity contribution is 6.10. The van der Waals surface area contributed by atoms with Crippen LogP contribution in [0.5, 0.6) is 0 Å². The van der Waals surface area contributed by atoms with Gasteiger partial charge in [-0.1, -0.05) is 24.3 Å². The van der Waals surface area contributed by atoms with Gasteiger partial charge in [-0.15, -0.1) is 11.4 Å². The van der Waals surface area contributed by atoms with Crippen LogP contribution in [0.2, 0.25) is 0 Å². The molecule has 4 rings (SSSR count). The normalized spacial score (nSPS) is 10.8. The van der Waals surface area contributed by atoms with Crippen LogP contribution in [-0.2, 0) is 14.1 Å². The number of benzene rings is 2. The van der Waals surface area contributed by atoms with Crippen LogP contribution in [0.15, 0.2) is 73.1 Å². The van der Waals surface area contributed by atoms with Crippen LogP contribution in [0.3, 0.4) is 0 Å². The number of hydrogen-bond donors (Lipinski definition) is 0. The second kappa shape index (κ2) is 6.44. The lowest BCUT2D eigenvalue weighted by molar-refractivity contribution is -0.645. The average molecular weight is 342 g/mol. The van der Waals surface area contributed by atoms with Gasteiger partial charge in [0.2, 0.25) is 11.0 Å². The lowest BCUT2D eigenvalue weighted by Gasteiger charge is -2.32. The lowest BCUT2D eigenvalue weighted by atomic mass is 10.2. The number of nitrogens with zero attached hydrogens (tertiary/aromatic N) is 4. The number of hydrogen-bond acceptors (Lipinski definition) is 1. The Morgan fingerprint density at radius 1 is 0.731 bits per heavy atom. The fraction of sp³-hybridized carbons (Fsp3) is 0.0952. The lowest BCUT2D eigenvalue weighted by Crippen LogP contribution is -2.27. The van der Waals surface area contributed by atoms with Crippen LogP contribution >= 0.6 is 0 Å². The van der Waals surface area contributed by atoms with Crippen LogP contribution in [0.4, 0.5) is 16.2 Å². The van der Waals surface area contributed by atoms with Gasteiger partial charge in [0.1, 0.15) is 14.1 Å². The molecule has 2 amide bonds. The molecule has 0 aliphatic heterocycles. The van der Waals surface area contributed by atoms with Gasteiger partial charge >= 0.3 is 0 Å². The summed E-state index contributed by atoms with van der Waals surface area (Å²) in [5, 5.41) is 10.3. The summed E-state index contributed by atoms with van der Waals surface area (Å²) < 4.78 is 4.06. The number of aromatic nitrogens is 2. The topological polar surface area (TPSA) is 53.0 Å². The monoisotopic (exact) mass is 342 g/mol. The molecule has 5 nitrogen and oxygen atoms in total. The summed E-state index contributed by atoms with van der Waals surface area (Å²) in [6, 6.07) is 18.8. The molecule has 0 atom stereocenters. The van der Waals surface area contributed by atoms with Crippen molar-refractivity contribution < 1.29 is 13.9 Å². The second-order valence-corrected chi connectivity index (χ2v) is 6.23. The number of urea groups is 1. The van der Waals surface area contributed by atoms with Gasteiger partial charge in [-0.2, -0.15) is 0 Å². The Balaban J connectivity index is 1.53. The molecule has 0 fully saturated rings. The minimum Gasteiger partial charge on any atom is -0.643 e. The summed E-state index contributed by atoms with van der Waals surface area (Å²) in [7, 11) is 3.97. The quantitative estimate of drug-likeness (QED) is 0.496. The van der Waals surface area contributed by atoms with Crippen molar-refractivity contribution in [3.05, 3.63) is 83.7 Å². The van der Waals surface area contributed by atoms with Crippen LogP contribution in [0.1, 0.15) is 0 Å². The van der Waals surface area contributed by atoms with Gasteiger partial charge in [0, 0.05) is 35.0 Å². The SMILES string of the molecule is C[n+]1cccc2cc([N-]C(=O)[N-]c3ccc4c(ccc[n+]4C)c3)ccc21. The van der Waals surface area contributed by atoms with Gasteiger partial charge in [-0.05, 0) is 18.2 Å². The zero-order valence-corrected chi connectivity index (χ0v) is 14.6. The van der Waals surface area contributed by atoms with E-state index in [4.69, 9.17) is 0 Å². The van der Waals surface area contributed by atoms with E-state index in [2.05, 4.69) is 10.6 Å². The predicted octanol–water partition coefficient (Wildman–Crippen LogP) is 4.47. The van der Waals surface area contributed by atoms with Crippen molar-refractivity contribution in [2.75, 3.05) is 0 Å². The molecule has 0 radical (unpaired) electrons. The van der Waals surface area contributed by atoms with Crippen molar-refractivity contribution in [3.63, 3.8) is 0 Å². The number of fused-ring (bicyclic) bond motifs is 2. The summed E-state index contributed by atoms with van der Waals surface area (Å²) in [6.45, 7) is 0. The molecule has 4 aromatic rings. The fourth-order valence-electron chi connectivity index (χ4n) is 3.09.